The van der Waals surface area contributed by atoms with E-state index in [4.69, 9.17) is 0 Å². The summed E-state index contributed by atoms with van der Waals surface area (Å²) in [4.78, 5) is 13.9. The standard InChI is InChI=1S/C12H14BrFN2O.ClH/c1-8-7-16(5-4-15-8)12(17)9-2-3-10(13)11(14)6-9;/h2-3,6,8,15H,4-5,7H2,1H3;1H/t8-;/m0./s1. The van der Waals surface area contributed by atoms with Crippen molar-refractivity contribution in [3.8, 4) is 0 Å². The molecule has 1 aliphatic rings. The lowest BCUT2D eigenvalue weighted by Crippen LogP contribution is -2.51. The highest BCUT2D eigenvalue weighted by molar-refractivity contribution is 9.10. The Hall–Kier alpha value is -0.650. The van der Waals surface area contributed by atoms with Crippen LogP contribution in [0.5, 0.6) is 0 Å². The summed E-state index contributed by atoms with van der Waals surface area (Å²) >= 11 is 3.07. The molecule has 0 unspecified atom stereocenters. The number of piperazine rings is 1. The summed E-state index contributed by atoms with van der Waals surface area (Å²) in [6.45, 7) is 4.14. The van der Waals surface area contributed by atoms with Crippen LogP contribution in [0.2, 0.25) is 0 Å². The van der Waals surface area contributed by atoms with Crippen molar-refractivity contribution in [3.63, 3.8) is 0 Å². The van der Waals surface area contributed by atoms with Crippen molar-refractivity contribution in [2.45, 2.75) is 13.0 Å². The number of benzene rings is 1. The number of nitrogens with zero attached hydrogens (tertiary/aromatic N) is 1. The van der Waals surface area contributed by atoms with E-state index < -0.39 is 5.82 Å². The minimum Gasteiger partial charge on any atom is -0.336 e. The van der Waals surface area contributed by atoms with Crippen LogP contribution in [0.25, 0.3) is 0 Å². The van der Waals surface area contributed by atoms with Crippen LogP contribution in [0.3, 0.4) is 0 Å². The molecule has 1 aromatic carbocycles. The molecule has 0 bridgehead atoms. The van der Waals surface area contributed by atoms with Gasteiger partial charge in [-0.3, -0.25) is 4.79 Å². The molecule has 1 fully saturated rings. The van der Waals surface area contributed by atoms with Gasteiger partial charge in [-0.05, 0) is 41.1 Å². The molecule has 2 rings (SSSR count). The van der Waals surface area contributed by atoms with Gasteiger partial charge < -0.3 is 10.2 Å². The molecule has 1 saturated heterocycles. The number of rotatable bonds is 1. The van der Waals surface area contributed by atoms with Crippen molar-refractivity contribution in [1.82, 2.24) is 10.2 Å². The Bertz CT molecular complexity index is 444. The van der Waals surface area contributed by atoms with Crippen LogP contribution >= 0.6 is 28.3 Å². The highest BCUT2D eigenvalue weighted by atomic mass is 79.9. The Morgan fingerprint density at radius 2 is 2.28 bits per heavy atom. The predicted octanol–water partition coefficient (Wildman–Crippen LogP) is 2.44. The number of hydrogen-bond donors (Lipinski definition) is 1. The van der Waals surface area contributed by atoms with Gasteiger partial charge in [0, 0.05) is 31.2 Å². The van der Waals surface area contributed by atoms with Gasteiger partial charge >= 0.3 is 0 Å². The second-order valence-electron chi connectivity index (χ2n) is 4.24. The zero-order valence-electron chi connectivity index (χ0n) is 9.95. The topological polar surface area (TPSA) is 32.3 Å². The minimum absolute atomic E-state index is 0. The maximum atomic E-state index is 13.4. The van der Waals surface area contributed by atoms with Gasteiger partial charge in [-0.25, -0.2) is 4.39 Å². The maximum absolute atomic E-state index is 13.4. The van der Waals surface area contributed by atoms with E-state index in [1.807, 2.05) is 6.92 Å². The monoisotopic (exact) mass is 336 g/mol. The lowest BCUT2D eigenvalue weighted by atomic mass is 10.1. The molecule has 0 aliphatic carbocycles. The summed E-state index contributed by atoms with van der Waals surface area (Å²) < 4.78 is 13.7. The third kappa shape index (κ3) is 3.43. The van der Waals surface area contributed by atoms with Crippen molar-refractivity contribution in [2.24, 2.45) is 0 Å². The van der Waals surface area contributed by atoms with Gasteiger partial charge in [0.15, 0.2) is 0 Å². The number of carbonyl (C=O) groups excluding carboxylic acids is 1. The first-order chi connectivity index (χ1) is 8.08. The van der Waals surface area contributed by atoms with Crippen molar-refractivity contribution < 1.29 is 9.18 Å². The van der Waals surface area contributed by atoms with Gasteiger partial charge in [-0.2, -0.15) is 0 Å². The molecule has 100 valence electrons. The van der Waals surface area contributed by atoms with E-state index in [9.17, 15) is 9.18 Å². The molecule has 0 saturated carbocycles. The van der Waals surface area contributed by atoms with Crippen LogP contribution in [0.4, 0.5) is 4.39 Å². The highest BCUT2D eigenvalue weighted by Gasteiger charge is 2.22. The molecule has 6 heteroatoms. The molecule has 1 heterocycles. The third-order valence-electron chi connectivity index (χ3n) is 2.82. The zero-order chi connectivity index (χ0) is 12.4. The van der Waals surface area contributed by atoms with E-state index in [2.05, 4.69) is 21.2 Å². The first kappa shape index (κ1) is 15.4. The van der Waals surface area contributed by atoms with E-state index in [0.29, 0.717) is 23.1 Å². The van der Waals surface area contributed by atoms with Gasteiger partial charge in [-0.1, -0.05) is 0 Å². The Morgan fingerprint density at radius 3 is 2.89 bits per heavy atom. The zero-order valence-corrected chi connectivity index (χ0v) is 12.4. The van der Waals surface area contributed by atoms with Crippen LogP contribution in [0.1, 0.15) is 17.3 Å². The number of nitrogens with one attached hydrogen (secondary N) is 1. The van der Waals surface area contributed by atoms with Crippen molar-refractivity contribution in [3.05, 3.63) is 34.1 Å². The van der Waals surface area contributed by atoms with Crippen LogP contribution in [-0.4, -0.2) is 36.5 Å². The fraction of sp³-hybridized carbons (Fsp3) is 0.417. The lowest BCUT2D eigenvalue weighted by Gasteiger charge is -2.32. The number of hydrogen-bond acceptors (Lipinski definition) is 2. The molecule has 1 N–H and O–H groups in total. The van der Waals surface area contributed by atoms with Crippen LogP contribution in [0.15, 0.2) is 22.7 Å². The molecule has 1 aromatic rings. The maximum Gasteiger partial charge on any atom is 0.254 e. The fourth-order valence-corrected chi connectivity index (χ4v) is 2.18. The SMILES string of the molecule is C[C@H]1CN(C(=O)c2ccc(Br)c(F)c2)CCN1.Cl. The molecule has 1 aliphatic heterocycles. The average molecular weight is 338 g/mol. The van der Waals surface area contributed by atoms with Gasteiger partial charge in [-0.15, -0.1) is 12.4 Å². The predicted molar refractivity (Wildman–Crippen MR) is 74.7 cm³/mol. The smallest absolute Gasteiger partial charge is 0.254 e. The molecule has 0 aromatic heterocycles. The van der Waals surface area contributed by atoms with E-state index in [0.717, 1.165) is 6.54 Å². The minimum atomic E-state index is -0.404. The number of halogens is 3. The van der Waals surface area contributed by atoms with Crippen molar-refractivity contribution in [2.75, 3.05) is 19.6 Å². The van der Waals surface area contributed by atoms with Gasteiger partial charge in [0.05, 0.1) is 4.47 Å². The molecule has 1 atom stereocenters. The fourth-order valence-electron chi connectivity index (χ4n) is 1.93. The van der Waals surface area contributed by atoms with Crippen molar-refractivity contribution in [1.29, 1.82) is 0 Å². The molecular formula is C12H15BrClFN2O. The summed E-state index contributed by atoms with van der Waals surface area (Å²) in [7, 11) is 0. The number of amides is 1. The summed E-state index contributed by atoms with van der Waals surface area (Å²) in [5.41, 5.74) is 0.403. The van der Waals surface area contributed by atoms with E-state index >= 15 is 0 Å². The van der Waals surface area contributed by atoms with Crippen LogP contribution in [-0.2, 0) is 0 Å². The Balaban J connectivity index is 0.00000162. The van der Waals surface area contributed by atoms with Gasteiger partial charge in [0.1, 0.15) is 5.82 Å². The normalized spacial score (nSPS) is 19.3. The summed E-state index contributed by atoms with van der Waals surface area (Å²) in [5.74, 6) is -0.510. The summed E-state index contributed by atoms with van der Waals surface area (Å²) in [5, 5.41) is 3.26. The second-order valence-corrected chi connectivity index (χ2v) is 5.09. The highest BCUT2D eigenvalue weighted by Crippen LogP contribution is 2.17. The van der Waals surface area contributed by atoms with Gasteiger partial charge in [0.25, 0.3) is 5.91 Å². The molecule has 0 spiro atoms. The second kappa shape index (κ2) is 6.50. The first-order valence-corrected chi connectivity index (χ1v) is 6.35. The number of carbonyl (C=O) groups is 1. The van der Waals surface area contributed by atoms with Crippen LogP contribution in [0, 0.1) is 5.82 Å². The largest absolute Gasteiger partial charge is 0.336 e. The Morgan fingerprint density at radius 1 is 1.56 bits per heavy atom. The van der Waals surface area contributed by atoms with E-state index in [-0.39, 0.29) is 24.4 Å². The molecule has 0 radical (unpaired) electrons. The summed E-state index contributed by atoms with van der Waals surface area (Å²) in [6.07, 6.45) is 0. The summed E-state index contributed by atoms with van der Waals surface area (Å²) in [6, 6.07) is 4.77. The molecule has 18 heavy (non-hydrogen) atoms. The first-order valence-electron chi connectivity index (χ1n) is 5.55. The Kier molecular flexibility index (Phi) is 5.56. The Labute approximate surface area is 120 Å². The third-order valence-corrected chi connectivity index (χ3v) is 3.47. The van der Waals surface area contributed by atoms with Crippen molar-refractivity contribution >= 4 is 34.2 Å². The quantitative estimate of drug-likeness (QED) is 0.854. The average Bonchev–Trinajstić information content (AvgIpc) is 2.32. The van der Waals surface area contributed by atoms with Gasteiger partial charge in [0.2, 0.25) is 0 Å². The van der Waals surface area contributed by atoms with E-state index in [1.54, 1.807) is 17.0 Å². The lowest BCUT2D eigenvalue weighted by molar-refractivity contribution is 0.0708. The van der Waals surface area contributed by atoms with E-state index in [1.165, 1.54) is 6.07 Å². The molecule has 3 nitrogen and oxygen atoms in total. The van der Waals surface area contributed by atoms with Crippen LogP contribution < -0.4 is 5.32 Å². The molecule has 1 amide bonds. The molecular weight excluding hydrogens is 322 g/mol.